The predicted molar refractivity (Wildman–Crippen MR) is 99.6 cm³/mol. The summed E-state index contributed by atoms with van der Waals surface area (Å²) in [6.45, 7) is -1.39. The van der Waals surface area contributed by atoms with E-state index < -0.39 is 22.5 Å². The number of amides is 1. The van der Waals surface area contributed by atoms with E-state index in [9.17, 15) is 22.0 Å². The number of benzene rings is 2. The fraction of sp³-hybridized carbons (Fsp3) is 0.278. The number of carbonyl (C=O) groups excluding carboxylic acids is 1. The number of hydrogen-bond donors (Lipinski definition) is 1. The van der Waals surface area contributed by atoms with E-state index in [1.54, 1.807) is 13.0 Å². The van der Waals surface area contributed by atoms with Crippen LogP contribution in [0.25, 0.3) is 0 Å². The largest absolute Gasteiger partial charge is 0.493 e. The fourth-order valence-electron chi connectivity index (χ4n) is 2.31. The molecule has 0 fully saturated rings. The summed E-state index contributed by atoms with van der Waals surface area (Å²) < 4.78 is 60.0. The molecular weight excluding hydrogens is 394 g/mol. The lowest BCUT2D eigenvalue weighted by Crippen LogP contribution is -2.22. The molecule has 0 aliphatic heterocycles. The van der Waals surface area contributed by atoms with Crippen LogP contribution in [0.5, 0.6) is 11.5 Å². The van der Waals surface area contributed by atoms with E-state index in [-0.39, 0.29) is 27.6 Å². The zero-order valence-corrected chi connectivity index (χ0v) is 16.5. The van der Waals surface area contributed by atoms with Gasteiger partial charge in [-0.05, 0) is 42.8 Å². The molecule has 0 bridgehead atoms. The lowest BCUT2D eigenvalue weighted by atomic mass is 10.1. The van der Waals surface area contributed by atoms with Crippen LogP contribution >= 0.6 is 0 Å². The van der Waals surface area contributed by atoms with Gasteiger partial charge >= 0.3 is 6.61 Å². The molecule has 0 radical (unpaired) electrons. The van der Waals surface area contributed by atoms with Crippen LogP contribution in [0.15, 0.2) is 41.3 Å². The number of alkyl halides is 2. The van der Waals surface area contributed by atoms with Crippen molar-refractivity contribution in [1.82, 2.24) is 4.31 Å². The maximum atomic E-state index is 12.6. The van der Waals surface area contributed by atoms with Gasteiger partial charge in [0.1, 0.15) is 0 Å². The number of nitrogens with zero attached hydrogens (tertiary/aromatic N) is 1. The molecule has 152 valence electrons. The Labute approximate surface area is 161 Å². The van der Waals surface area contributed by atoms with Crippen molar-refractivity contribution in [3.05, 3.63) is 47.5 Å². The molecule has 0 spiro atoms. The Bertz CT molecular complexity index is 978. The summed E-state index contributed by atoms with van der Waals surface area (Å²) in [5, 5.41) is 2.59. The SMILES string of the molecule is COc1ccc(C(=O)Nc2cc(S(=O)(=O)N(C)C)ccc2C)cc1OC(F)F. The highest BCUT2D eigenvalue weighted by molar-refractivity contribution is 7.89. The van der Waals surface area contributed by atoms with Crippen molar-refractivity contribution in [3.63, 3.8) is 0 Å². The standard InChI is InChI=1S/C18H20F2N2O5S/c1-11-5-7-13(28(24,25)22(2)3)10-14(11)21-17(23)12-6-8-15(26-4)16(9-12)27-18(19)20/h5-10,18H,1-4H3,(H,21,23). The van der Waals surface area contributed by atoms with Crippen LogP contribution in [0, 0.1) is 6.92 Å². The summed E-state index contributed by atoms with van der Waals surface area (Å²) in [6, 6.07) is 8.15. The maximum absolute atomic E-state index is 12.6. The van der Waals surface area contributed by atoms with Crippen molar-refractivity contribution in [2.75, 3.05) is 26.5 Å². The first-order valence-corrected chi connectivity index (χ1v) is 9.47. The van der Waals surface area contributed by atoms with Crippen LogP contribution in [-0.2, 0) is 10.0 Å². The summed E-state index contributed by atoms with van der Waals surface area (Å²) in [7, 11) is 0.398. The summed E-state index contributed by atoms with van der Waals surface area (Å²) >= 11 is 0. The molecule has 0 unspecified atom stereocenters. The highest BCUT2D eigenvalue weighted by atomic mass is 32.2. The van der Waals surface area contributed by atoms with E-state index in [1.807, 2.05) is 0 Å². The van der Waals surface area contributed by atoms with Gasteiger partial charge in [0.2, 0.25) is 10.0 Å². The molecule has 10 heteroatoms. The predicted octanol–water partition coefficient (Wildman–Crippen LogP) is 3.11. The second-order valence-corrected chi connectivity index (χ2v) is 8.11. The first-order chi connectivity index (χ1) is 13.1. The van der Waals surface area contributed by atoms with Gasteiger partial charge < -0.3 is 14.8 Å². The quantitative estimate of drug-likeness (QED) is 0.753. The van der Waals surface area contributed by atoms with E-state index in [2.05, 4.69) is 10.1 Å². The highest BCUT2D eigenvalue weighted by Gasteiger charge is 2.20. The zero-order valence-electron chi connectivity index (χ0n) is 15.7. The summed E-state index contributed by atoms with van der Waals surface area (Å²) in [5.74, 6) is -0.859. The van der Waals surface area contributed by atoms with Crippen molar-refractivity contribution in [1.29, 1.82) is 0 Å². The van der Waals surface area contributed by atoms with E-state index >= 15 is 0 Å². The topological polar surface area (TPSA) is 84.9 Å². The molecule has 28 heavy (non-hydrogen) atoms. The molecule has 0 saturated heterocycles. The van der Waals surface area contributed by atoms with Gasteiger partial charge in [-0.2, -0.15) is 8.78 Å². The first kappa shape index (κ1) is 21.6. The molecule has 0 atom stereocenters. The monoisotopic (exact) mass is 414 g/mol. The number of ether oxygens (including phenoxy) is 2. The number of rotatable bonds is 7. The average Bonchev–Trinajstić information content (AvgIpc) is 2.62. The number of hydrogen-bond acceptors (Lipinski definition) is 5. The molecule has 0 saturated carbocycles. The lowest BCUT2D eigenvalue weighted by Gasteiger charge is -2.15. The summed E-state index contributed by atoms with van der Waals surface area (Å²) in [4.78, 5) is 12.6. The minimum atomic E-state index is -3.68. The molecule has 1 amide bonds. The first-order valence-electron chi connectivity index (χ1n) is 8.03. The van der Waals surface area contributed by atoms with E-state index in [0.717, 1.165) is 10.4 Å². The Kier molecular flexibility index (Phi) is 6.57. The Hall–Kier alpha value is -2.72. The normalized spacial score (nSPS) is 11.6. The third kappa shape index (κ3) is 4.76. The van der Waals surface area contributed by atoms with Gasteiger partial charge in [0.05, 0.1) is 12.0 Å². The number of carbonyl (C=O) groups is 1. The number of halogens is 2. The van der Waals surface area contributed by atoms with Crippen LogP contribution in [0.2, 0.25) is 0 Å². The van der Waals surface area contributed by atoms with Crippen LogP contribution in [0.3, 0.4) is 0 Å². The van der Waals surface area contributed by atoms with Gasteiger partial charge in [-0.15, -0.1) is 0 Å². The van der Waals surface area contributed by atoms with Crippen molar-refractivity contribution >= 4 is 21.6 Å². The third-order valence-electron chi connectivity index (χ3n) is 3.88. The van der Waals surface area contributed by atoms with Gasteiger partial charge in [-0.1, -0.05) is 6.07 Å². The van der Waals surface area contributed by atoms with Crippen molar-refractivity contribution in [2.45, 2.75) is 18.4 Å². The molecule has 2 aromatic carbocycles. The van der Waals surface area contributed by atoms with Crippen LogP contribution in [0.4, 0.5) is 14.5 Å². The van der Waals surface area contributed by atoms with E-state index in [1.165, 1.54) is 45.5 Å². The number of nitrogens with one attached hydrogen (secondary N) is 1. The van der Waals surface area contributed by atoms with Crippen LogP contribution in [0.1, 0.15) is 15.9 Å². The third-order valence-corrected chi connectivity index (χ3v) is 5.69. The Balaban J connectivity index is 2.35. The molecule has 7 nitrogen and oxygen atoms in total. The van der Waals surface area contributed by atoms with Gasteiger partial charge in [0.25, 0.3) is 5.91 Å². The maximum Gasteiger partial charge on any atom is 0.387 e. The number of methoxy groups -OCH3 is 1. The van der Waals surface area contributed by atoms with E-state index in [0.29, 0.717) is 5.56 Å². The zero-order chi connectivity index (χ0) is 21.1. The van der Waals surface area contributed by atoms with Crippen LogP contribution < -0.4 is 14.8 Å². The van der Waals surface area contributed by atoms with Gasteiger partial charge in [0.15, 0.2) is 11.5 Å². The highest BCUT2D eigenvalue weighted by Crippen LogP contribution is 2.30. The fourth-order valence-corrected chi connectivity index (χ4v) is 3.24. The Morgan fingerprint density at radius 2 is 1.79 bits per heavy atom. The van der Waals surface area contributed by atoms with Crippen molar-refractivity contribution < 1.29 is 31.5 Å². The molecule has 2 rings (SSSR count). The van der Waals surface area contributed by atoms with E-state index in [4.69, 9.17) is 4.74 Å². The molecule has 0 heterocycles. The van der Waals surface area contributed by atoms with Gasteiger partial charge in [-0.25, -0.2) is 12.7 Å². The molecule has 2 aromatic rings. The molecule has 0 aliphatic rings. The number of anilines is 1. The number of aryl methyl sites for hydroxylation is 1. The van der Waals surface area contributed by atoms with Gasteiger partial charge in [0, 0.05) is 25.3 Å². The summed E-state index contributed by atoms with van der Waals surface area (Å²) in [6.07, 6.45) is 0. The molecular formula is C18H20F2N2O5S. The second-order valence-electron chi connectivity index (χ2n) is 5.96. The Morgan fingerprint density at radius 1 is 1.11 bits per heavy atom. The Morgan fingerprint density at radius 3 is 2.36 bits per heavy atom. The van der Waals surface area contributed by atoms with Crippen molar-refractivity contribution in [3.8, 4) is 11.5 Å². The molecule has 1 N–H and O–H groups in total. The minimum absolute atomic E-state index is 0.00912. The molecule has 0 aromatic heterocycles. The van der Waals surface area contributed by atoms with Crippen molar-refractivity contribution in [2.24, 2.45) is 0 Å². The van der Waals surface area contributed by atoms with Gasteiger partial charge in [-0.3, -0.25) is 4.79 Å². The lowest BCUT2D eigenvalue weighted by molar-refractivity contribution is -0.0512. The smallest absolute Gasteiger partial charge is 0.387 e. The number of sulfonamides is 1. The minimum Gasteiger partial charge on any atom is -0.493 e. The molecule has 0 aliphatic carbocycles. The van der Waals surface area contributed by atoms with Crippen LogP contribution in [-0.4, -0.2) is 46.4 Å². The average molecular weight is 414 g/mol. The summed E-state index contributed by atoms with van der Waals surface area (Å²) in [5.41, 5.74) is 0.945. The second kappa shape index (κ2) is 8.53.